The summed E-state index contributed by atoms with van der Waals surface area (Å²) >= 11 is 0. The average molecular weight is 263 g/mol. The van der Waals surface area contributed by atoms with Gasteiger partial charge in [-0.3, -0.25) is 0 Å². The van der Waals surface area contributed by atoms with Gasteiger partial charge in [-0.15, -0.1) is 0 Å². The summed E-state index contributed by atoms with van der Waals surface area (Å²) in [4.78, 5) is 0. The quantitative estimate of drug-likeness (QED) is 0.675. The number of ether oxygens (including phenoxy) is 1. The molecular weight excluding hydrogens is 234 g/mol. The number of unbranched alkanes of at least 4 members (excludes halogenated alkanes) is 1. The van der Waals surface area contributed by atoms with Crippen molar-refractivity contribution in [2.45, 2.75) is 53.0 Å². The number of aryl methyl sites for hydroxylation is 2. The Balaban J connectivity index is 2.22. The first kappa shape index (κ1) is 16.2. The van der Waals surface area contributed by atoms with E-state index in [1.165, 1.54) is 29.5 Å². The van der Waals surface area contributed by atoms with Crippen molar-refractivity contribution in [3.05, 3.63) is 34.9 Å². The summed E-state index contributed by atoms with van der Waals surface area (Å²) in [6.45, 7) is 11.5. The molecule has 0 fully saturated rings. The first-order valence-electron chi connectivity index (χ1n) is 7.52. The van der Waals surface area contributed by atoms with Crippen LogP contribution >= 0.6 is 0 Å². The Morgan fingerprint density at radius 1 is 1.05 bits per heavy atom. The first-order valence-corrected chi connectivity index (χ1v) is 7.52. The van der Waals surface area contributed by atoms with Gasteiger partial charge in [-0.1, -0.05) is 42.7 Å². The summed E-state index contributed by atoms with van der Waals surface area (Å²) in [5, 5.41) is 3.56. The molecule has 0 heterocycles. The largest absolute Gasteiger partial charge is 0.381 e. The van der Waals surface area contributed by atoms with Crippen LogP contribution in [0.15, 0.2) is 18.2 Å². The zero-order valence-electron chi connectivity index (χ0n) is 13.0. The topological polar surface area (TPSA) is 21.3 Å². The second-order valence-corrected chi connectivity index (χ2v) is 5.42. The molecule has 1 aromatic carbocycles. The van der Waals surface area contributed by atoms with Gasteiger partial charge in [0.1, 0.15) is 0 Å². The van der Waals surface area contributed by atoms with Crippen molar-refractivity contribution in [2.24, 2.45) is 0 Å². The van der Waals surface area contributed by atoms with Gasteiger partial charge in [-0.2, -0.15) is 0 Å². The van der Waals surface area contributed by atoms with Crippen molar-refractivity contribution in [2.75, 3.05) is 19.8 Å². The van der Waals surface area contributed by atoms with E-state index in [2.05, 4.69) is 51.2 Å². The van der Waals surface area contributed by atoms with E-state index in [0.717, 1.165) is 26.2 Å². The van der Waals surface area contributed by atoms with Crippen LogP contribution in [-0.4, -0.2) is 19.8 Å². The van der Waals surface area contributed by atoms with Gasteiger partial charge in [0.15, 0.2) is 0 Å². The minimum atomic E-state index is 0.411. The molecule has 0 aliphatic rings. The molecule has 0 saturated heterocycles. The van der Waals surface area contributed by atoms with Crippen molar-refractivity contribution in [1.29, 1.82) is 0 Å². The molecule has 1 atom stereocenters. The molecule has 0 saturated carbocycles. The molecular formula is C17H29NO. The van der Waals surface area contributed by atoms with Crippen LogP contribution in [0.5, 0.6) is 0 Å². The normalized spacial score (nSPS) is 12.6. The van der Waals surface area contributed by atoms with E-state index in [4.69, 9.17) is 4.74 Å². The molecule has 0 amide bonds. The van der Waals surface area contributed by atoms with Crippen LogP contribution in [0.4, 0.5) is 0 Å². The van der Waals surface area contributed by atoms with E-state index in [-0.39, 0.29) is 0 Å². The summed E-state index contributed by atoms with van der Waals surface area (Å²) < 4.78 is 5.56. The van der Waals surface area contributed by atoms with Gasteiger partial charge in [-0.25, -0.2) is 0 Å². The second kappa shape index (κ2) is 9.11. The van der Waals surface area contributed by atoms with Crippen LogP contribution in [0.2, 0.25) is 0 Å². The van der Waals surface area contributed by atoms with Crippen molar-refractivity contribution in [3.8, 4) is 0 Å². The van der Waals surface area contributed by atoms with Crippen LogP contribution in [-0.2, 0) is 4.74 Å². The molecule has 0 aliphatic heterocycles. The molecule has 0 bridgehead atoms. The maximum Gasteiger partial charge on any atom is 0.0478 e. The van der Waals surface area contributed by atoms with Gasteiger partial charge in [0.05, 0.1) is 0 Å². The van der Waals surface area contributed by atoms with E-state index in [1.54, 1.807) is 0 Å². The minimum absolute atomic E-state index is 0.411. The van der Waals surface area contributed by atoms with E-state index >= 15 is 0 Å². The van der Waals surface area contributed by atoms with Crippen LogP contribution in [0, 0.1) is 13.8 Å². The van der Waals surface area contributed by atoms with Gasteiger partial charge in [0, 0.05) is 19.3 Å². The van der Waals surface area contributed by atoms with Crippen LogP contribution in [0.3, 0.4) is 0 Å². The highest BCUT2D eigenvalue weighted by atomic mass is 16.5. The van der Waals surface area contributed by atoms with E-state index in [0.29, 0.717) is 6.04 Å². The summed E-state index contributed by atoms with van der Waals surface area (Å²) in [7, 11) is 0. The Morgan fingerprint density at radius 3 is 2.32 bits per heavy atom. The van der Waals surface area contributed by atoms with Crippen LogP contribution in [0.25, 0.3) is 0 Å². The summed E-state index contributed by atoms with van der Waals surface area (Å²) in [6.07, 6.45) is 3.47. The van der Waals surface area contributed by atoms with Crippen molar-refractivity contribution < 1.29 is 4.74 Å². The third-order valence-corrected chi connectivity index (χ3v) is 3.30. The molecule has 2 heteroatoms. The third kappa shape index (κ3) is 6.74. The molecule has 0 radical (unpaired) electrons. The highest BCUT2D eigenvalue weighted by Crippen LogP contribution is 2.16. The maximum absolute atomic E-state index is 5.56. The Morgan fingerprint density at radius 2 is 1.68 bits per heavy atom. The molecule has 19 heavy (non-hydrogen) atoms. The molecule has 1 N–H and O–H groups in total. The van der Waals surface area contributed by atoms with E-state index in [9.17, 15) is 0 Å². The zero-order valence-corrected chi connectivity index (χ0v) is 13.0. The van der Waals surface area contributed by atoms with Gasteiger partial charge < -0.3 is 10.1 Å². The summed E-state index contributed by atoms with van der Waals surface area (Å²) in [5.74, 6) is 0. The van der Waals surface area contributed by atoms with E-state index in [1.807, 2.05) is 0 Å². The molecule has 1 rings (SSSR count). The zero-order chi connectivity index (χ0) is 14.1. The summed E-state index contributed by atoms with van der Waals surface area (Å²) in [5.41, 5.74) is 4.06. The monoisotopic (exact) mass is 263 g/mol. The maximum atomic E-state index is 5.56. The molecule has 2 nitrogen and oxygen atoms in total. The Bertz CT molecular complexity index is 342. The molecule has 108 valence electrons. The fourth-order valence-corrected chi connectivity index (χ4v) is 2.22. The predicted octanol–water partition coefficient (Wildman–Crippen LogP) is 4.16. The Hall–Kier alpha value is -0.860. The van der Waals surface area contributed by atoms with Gasteiger partial charge in [0.2, 0.25) is 0 Å². The fourth-order valence-electron chi connectivity index (χ4n) is 2.22. The number of nitrogens with one attached hydrogen (secondary N) is 1. The average Bonchev–Trinajstić information content (AvgIpc) is 2.36. The van der Waals surface area contributed by atoms with E-state index < -0.39 is 0 Å². The molecule has 0 aliphatic carbocycles. The molecule has 1 unspecified atom stereocenters. The fraction of sp³-hybridized carbons (Fsp3) is 0.647. The number of benzene rings is 1. The summed E-state index contributed by atoms with van der Waals surface area (Å²) in [6, 6.07) is 7.16. The van der Waals surface area contributed by atoms with Crippen molar-refractivity contribution >= 4 is 0 Å². The van der Waals surface area contributed by atoms with Gasteiger partial charge >= 0.3 is 0 Å². The minimum Gasteiger partial charge on any atom is -0.381 e. The lowest BCUT2D eigenvalue weighted by Crippen LogP contribution is -2.21. The second-order valence-electron chi connectivity index (χ2n) is 5.42. The first-order chi connectivity index (χ1) is 9.13. The lowest BCUT2D eigenvalue weighted by Gasteiger charge is -2.15. The Labute approximate surface area is 118 Å². The predicted molar refractivity (Wildman–Crippen MR) is 82.7 cm³/mol. The van der Waals surface area contributed by atoms with Crippen molar-refractivity contribution in [3.63, 3.8) is 0 Å². The Kier molecular flexibility index (Phi) is 7.76. The molecule has 0 spiro atoms. The number of hydrogen-bond donors (Lipinski definition) is 1. The lowest BCUT2D eigenvalue weighted by atomic mass is 10.0. The molecule has 0 aromatic heterocycles. The third-order valence-electron chi connectivity index (χ3n) is 3.30. The molecule has 1 aromatic rings. The number of rotatable bonds is 9. The van der Waals surface area contributed by atoms with Crippen LogP contribution in [0.1, 0.15) is 55.8 Å². The standard InChI is InChI=1S/C17H29NO/c1-5-6-9-19-10-7-8-18-16(4)17-12-14(2)11-15(3)13-17/h11-13,16,18H,5-10H2,1-4H3. The highest BCUT2D eigenvalue weighted by Gasteiger charge is 2.05. The van der Waals surface area contributed by atoms with Gasteiger partial charge in [-0.05, 0) is 45.7 Å². The number of hydrogen-bond acceptors (Lipinski definition) is 2. The lowest BCUT2D eigenvalue weighted by molar-refractivity contribution is 0.128. The van der Waals surface area contributed by atoms with Crippen molar-refractivity contribution in [1.82, 2.24) is 5.32 Å². The SMILES string of the molecule is CCCCOCCCNC(C)c1cc(C)cc(C)c1. The van der Waals surface area contributed by atoms with Gasteiger partial charge in [0.25, 0.3) is 0 Å². The van der Waals surface area contributed by atoms with Crippen LogP contribution < -0.4 is 5.32 Å². The highest BCUT2D eigenvalue weighted by molar-refractivity contribution is 5.30. The smallest absolute Gasteiger partial charge is 0.0478 e.